The van der Waals surface area contributed by atoms with Crippen LogP contribution >= 0.6 is 23.2 Å². The summed E-state index contributed by atoms with van der Waals surface area (Å²) in [6.45, 7) is 41.5. The van der Waals surface area contributed by atoms with Gasteiger partial charge < -0.3 is 84.7 Å². The van der Waals surface area contributed by atoms with Gasteiger partial charge in [-0.2, -0.15) is 0 Å². The molecule has 6 N–H and O–H groups in total. The summed E-state index contributed by atoms with van der Waals surface area (Å²) in [6, 6.07) is 0. The average Bonchev–Trinajstić information content (AvgIpc) is 3.72. The minimum absolute atomic E-state index is 0. The van der Waals surface area contributed by atoms with E-state index >= 15 is 0 Å². The Kier molecular flexibility index (Phi) is 65.7. The first-order valence-corrected chi connectivity index (χ1v) is 28.4. The molecular formula is C58H117BCl2N4NaO19. The van der Waals surface area contributed by atoms with E-state index in [0.717, 1.165) is 43.7 Å². The van der Waals surface area contributed by atoms with Crippen LogP contribution in [0.2, 0.25) is 0 Å². The number of allylic oxidation sites excluding steroid dienone is 1. The molecular weight excluding hydrogens is 1160 g/mol. The van der Waals surface area contributed by atoms with E-state index in [2.05, 4.69) is 18.5 Å². The van der Waals surface area contributed by atoms with Gasteiger partial charge in [0, 0.05) is 93.5 Å². The molecule has 3 radical (unpaired) electrons. The van der Waals surface area contributed by atoms with Crippen molar-refractivity contribution in [3.8, 4) is 0 Å². The Bertz CT molecular complexity index is 1640. The van der Waals surface area contributed by atoms with Crippen LogP contribution in [0.1, 0.15) is 147 Å². The van der Waals surface area contributed by atoms with Gasteiger partial charge in [0.2, 0.25) is 0 Å². The predicted octanol–water partition coefficient (Wildman–Crippen LogP) is 4.48. The van der Waals surface area contributed by atoms with Gasteiger partial charge in [0.25, 0.3) is 0 Å². The van der Waals surface area contributed by atoms with Crippen LogP contribution in [0.3, 0.4) is 0 Å². The maximum atomic E-state index is 11.7. The van der Waals surface area contributed by atoms with Gasteiger partial charge in [-0.3, -0.25) is 14.5 Å². The average molecular weight is 1280 g/mol. The number of ether oxygens (including phenoxy) is 9. The van der Waals surface area contributed by atoms with Crippen molar-refractivity contribution in [3.63, 3.8) is 0 Å². The monoisotopic (exact) mass is 1280 g/mol. The summed E-state index contributed by atoms with van der Waals surface area (Å²) >= 11 is 10.5. The van der Waals surface area contributed by atoms with E-state index in [1.165, 1.54) is 9.80 Å². The van der Waals surface area contributed by atoms with Crippen molar-refractivity contribution in [1.82, 2.24) is 20.0 Å². The van der Waals surface area contributed by atoms with E-state index in [1.807, 2.05) is 62.3 Å². The molecule has 5 fully saturated rings. The Hall–Kier alpha value is -2.37. The third kappa shape index (κ3) is 69.0. The number of aliphatic hydroxyl groups is 5. The van der Waals surface area contributed by atoms with Crippen LogP contribution in [-0.2, 0) is 52.2 Å². The topological polar surface area (TPSA) is 291 Å². The molecule has 0 saturated carbocycles. The van der Waals surface area contributed by atoms with Crippen molar-refractivity contribution >= 4 is 61.6 Å². The first-order valence-electron chi connectivity index (χ1n) is 28.0. The van der Waals surface area contributed by atoms with Crippen molar-refractivity contribution in [1.29, 1.82) is 0 Å². The number of amides is 3. The number of ketones is 1. The Morgan fingerprint density at radius 2 is 1.12 bits per heavy atom. The summed E-state index contributed by atoms with van der Waals surface area (Å²) < 4.78 is 51.9. The molecule has 3 amide bonds. The van der Waals surface area contributed by atoms with E-state index in [9.17, 15) is 29.1 Å². The molecule has 3 atom stereocenters. The van der Waals surface area contributed by atoms with Gasteiger partial charge in [0.1, 0.15) is 29.0 Å². The van der Waals surface area contributed by atoms with E-state index < -0.39 is 47.0 Å². The molecule has 0 aromatic carbocycles. The van der Waals surface area contributed by atoms with Crippen LogP contribution in [0.4, 0.5) is 14.4 Å². The number of esters is 1. The molecule has 5 heterocycles. The Labute approximate surface area is 549 Å². The number of hydrogen-bond acceptors (Lipinski definition) is 20. The Morgan fingerprint density at radius 3 is 1.52 bits per heavy atom. The number of rotatable bonds is 5. The van der Waals surface area contributed by atoms with E-state index in [4.69, 9.17) is 87.6 Å². The standard InChI is InChI=1S/C11H19NO3.C10H19NO4.C10H17NO4.C8H16O3.C5H11NO2.C4H6Cl2.C4H8O2.C2H6O.C2H6.2CH4.B.Na.H/c1-9-7-12(5-6-14-8-9)10(13)15-11(2,3)4;2*1-10(2,3)15-9(13)11-4-5-14-7-8(12)6-11;1-8(2,3)11-7(10)5-4-6-9;7-5-3-6-1-2-8-4-5;1-4(2-5)3-6;5-4-2-1-3-6-4;1-2-3;1-2;;;;;/h1,5-8H2,2-4H3;8,12H,4-7H2,1-3H3;4-7H2,1-3H3;9H,4-6H2,1-3H3;5-7H,1-4H2;1-3H2;4-5H,1-3H2;3H,2H2,1H3;1-2H3;2*1H4;;;/q;;;;;;;;;;;;+1;-1/i;;;;;;;;1D;;;;;. The molecule has 23 nitrogen and oxygen atoms in total. The fourth-order valence-corrected chi connectivity index (χ4v) is 5.92. The zero-order valence-corrected chi connectivity index (χ0v) is 56.7. The number of aliphatic hydroxyl groups excluding tert-OH is 5. The van der Waals surface area contributed by atoms with Gasteiger partial charge >= 0.3 is 53.8 Å². The Morgan fingerprint density at radius 1 is 0.706 bits per heavy atom. The quantitative estimate of drug-likeness (QED) is 0.0727. The smallest absolute Gasteiger partial charge is 1.00 e. The fraction of sp³-hybridized carbons (Fsp3) is 0.845. The molecule has 5 rings (SSSR count). The number of halogens is 2. The normalized spacial score (nSPS) is 18.6. The number of nitrogens with one attached hydrogen (secondary N) is 1. The van der Waals surface area contributed by atoms with Crippen molar-refractivity contribution in [2.75, 3.05) is 137 Å². The van der Waals surface area contributed by atoms with Crippen molar-refractivity contribution in [3.05, 3.63) is 24.3 Å². The minimum Gasteiger partial charge on any atom is -1.00 e. The molecule has 0 bridgehead atoms. The summed E-state index contributed by atoms with van der Waals surface area (Å²) in [7, 11) is 0. The van der Waals surface area contributed by atoms with Gasteiger partial charge in [-0.05, 0) is 114 Å². The summed E-state index contributed by atoms with van der Waals surface area (Å²) in [6.07, 6.45) is 0.0780. The number of β-amino-alcohol motifs (C(OH)–C–C–N with tert-alkyl or cyclic N) is 2. The second kappa shape index (κ2) is 58.0. The summed E-state index contributed by atoms with van der Waals surface area (Å²) in [4.78, 5) is 61.5. The van der Waals surface area contributed by atoms with Gasteiger partial charge in [-0.15, -0.1) is 23.2 Å². The zero-order valence-electron chi connectivity index (χ0n) is 55.2. The molecule has 5 aliphatic rings. The summed E-state index contributed by atoms with van der Waals surface area (Å²) in [5.41, 5.74) is -0.127. The Balaban J connectivity index is -0.000000116. The third-order valence-electron chi connectivity index (χ3n) is 8.92. The zero-order chi connectivity index (χ0) is 64.0. The van der Waals surface area contributed by atoms with Crippen molar-refractivity contribution in [2.24, 2.45) is 0 Å². The number of alkyl halides is 2. The van der Waals surface area contributed by atoms with Crippen LogP contribution in [0.15, 0.2) is 24.3 Å². The molecule has 501 valence electrons. The first-order chi connectivity index (χ1) is 38.0. The maximum absolute atomic E-state index is 11.7. The van der Waals surface area contributed by atoms with Crippen LogP contribution < -0.4 is 34.9 Å². The van der Waals surface area contributed by atoms with Crippen LogP contribution in [0.25, 0.3) is 0 Å². The van der Waals surface area contributed by atoms with Gasteiger partial charge in [0.15, 0.2) is 12.1 Å². The molecule has 5 saturated heterocycles. The number of carbonyl (C=O) groups is 5. The van der Waals surface area contributed by atoms with Gasteiger partial charge in [-0.1, -0.05) is 41.8 Å². The molecule has 0 aliphatic carbocycles. The fourth-order valence-electron chi connectivity index (χ4n) is 5.64. The van der Waals surface area contributed by atoms with Crippen molar-refractivity contribution < 1.29 is 124 Å². The minimum atomic E-state index is -0.625. The van der Waals surface area contributed by atoms with Crippen LogP contribution in [0, 0.1) is 0 Å². The number of Topliss-reactive ketones (excluding diaryl/α,β-unsaturated/α-hetero) is 1. The van der Waals surface area contributed by atoms with Crippen LogP contribution in [0.5, 0.6) is 0 Å². The van der Waals surface area contributed by atoms with Crippen molar-refractivity contribution in [2.45, 2.75) is 185 Å². The second-order valence-electron chi connectivity index (χ2n) is 22.0. The number of hydrogen-bond donors (Lipinski definition) is 6. The summed E-state index contributed by atoms with van der Waals surface area (Å²) in [5.74, 6) is 0.609. The summed E-state index contributed by atoms with van der Waals surface area (Å²) in [5, 5.41) is 45.8. The van der Waals surface area contributed by atoms with Gasteiger partial charge in [-0.25, -0.2) is 14.4 Å². The van der Waals surface area contributed by atoms with E-state index in [1.54, 1.807) is 39.5 Å². The number of nitrogens with zero attached hydrogens (tertiary/aromatic N) is 3. The third-order valence-corrected chi connectivity index (χ3v) is 9.68. The molecule has 85 heavy (non-hydrogen) atoms. The van der Waals surface area contributed by atoms with Gasteiger partial charge in [0.05, 0.1) is 71.5 Å². The molecule has 0 aromatic rings. The molecule has 3 unspecified atom stereocenters. The largest absolute Gasteiger partial charge is 1.00 e. The SMILES string of the molecule is C.C.C=C(CCl)CCl.C=C1COCCN(C(=O)OC(C)(C)C)C1.CC(C)(C)OC(=O)CCCO.CC(C)(C)OC(=O)N1CCOCC(=O)C1.CC(C)(C)OC(=O)N1CCOCC(O)C1.CCO.OC1CCCO1.OC1CNCCOC1.[2H]CC.[B].[H-].[Na+]. The molecule has 5 aliphatic heterocycles. The van der Waals surface area contributed by atoms with Crippen LogP contribution in [-0.4, -0.2) is 256 Å². The maximum Gasteiger partial charge on any atom is 1.00 e. The molecule has 27 heteroatoms. The molecule has 0 spiro atoms. The predicted molar refractivity (Wildman–Crippen MR) is 334 cm³/mol. The van der Waals surface area contributed by atoms with E-state index in [0.29, 0.717) is 97.3 Å². The second-order valence-corrected chi connectivity index (χ2v) is 22.5. The molecule has 0 aromatic heterocycles. The first kappa shape index (κ1) is 96.3. The van der Waals surface area contributed by atoms with E-state index in [-0.39, 0.29) is 118 Å². The number of carbonyl (C=O) groups excluding carboxylic acids is 5.